The molecule has 0 aromatic heterocycles. The molecule has 1 aromatic rings. The number of hydrogen-bond acceptors (Lipinski definition) is 3. The molecule has 1 rings (SSSR count). The summed E-state index contributed by atoms with van der Waals surface area (Å²) in [6.45, 7) is 5.10. The van der Waals surface area contributed by atoms with Crippen LogP contribution in [0.2, 0.25) is 0 Å². The first-order chi connectivity index (χ1) is 7.36. The Labute approximate surface area is 89.3 Å². The quantitative estimate of drug-likeness (QED) is 0.389. The van der Waals surface area contributed by atoms with Crippen molar-refractivity contribution in [1.29, 1.82) is 0 Å². The van der Waals surface area contributed by atoms with Crippen LogP contribution in [0.4, 0.5) is 0 Å². The topological polar surface area (TPSA) is 35.5 Å². The lowest BCUT2D eigenvalue weighted by atomic mass is 10.2. The molecule has 3 heteroatoms. The maximum absolute atomic E-state index is 10.4. The van der Waals surface area contributed by atoms with Crippen LogP contribution in [0.25, 0.3) is 0 Å². The first-order valence-corrected chi connectivity index (χ1v) is 4.73. The van der Waals surface area contributed by atoms with Gasteiger partial charge in [-0.05, 0) is 24.3 Å². The molecule has 0 heterocycles. The molecule has 1 aromatic carbocycles. The first-order valence-electron chi connectivity index (χ1n) is 4.73. The van der Waals surface area contributed by atoms with Crippen LogP contribution in [0, 0.1) is 0 Å². The molecule has 0 aliphatic rings. The molecule has 15 heavy (non-hydrogen) atoms. The van der Waals surface area contributed by atoms with Crippen LogP contribution in [0.3, 0.4) is 0 Å². The van der Waals surface area contributed by atoms with Crippen molar-refractivity contribution in [3.8, 4) is 5.75 Å². The van der Waals surface area contributed by atoms with Gasteiger partial charge in [-0.15, -0.1) is 6.58 Å². The molecule has 0 saturated heterocycles. The van der Waals surface area contributed by atoms with E-state index in [0.717, 1.165) is 12.0 Å². The van der Waals surface area contributed by atoms with Gasteiger partial charge in [0.2, 0.25) is 0 Å². The second-order valence-electron chi connectivity index (χ2n) is 2.90. The number of ether oxygens (including phenoxy) is 2. The van der Waals surface area contributed by atoms with Crippen LogP contribution in [-0.4, -0.2) is 26.1 Å². The second-order valence-corrected chi connectivity index (χ2v) is 2.90. The first kappa shape index (κ1) is 11.5. The summed E-state index contributed by atoms with van der Waals surface area (Å²) in [6.07, 6.45) is 2.50. The molecular weight excluding hydrogens is 192 g/mol. The highest BCUT2D eigenvalue weighted by Gasteiger charge is 1.94. The molecule has 3 nitrogen and oxygen atoms in total. The third-order valence-corrected chi connectivity index (χ3v) is 1.75. The molecular formula is C12H14O3. The molecule has 0 bridgehead atoms. The fourth-order valence-electron chi connectivity index (χ4n) is 1.03. The SMILES string of the molecule is C=CCOCCOc1ccc(C=O)cc1. The van der Waals surface area contributed by atoms with Gasteiger partial charge in [-0.2, -0.15) is 0 Å². The fraction of sp³-hybridized carbons (Fsp3) is 0.250. The lowest BCUT2D eigenvalue weighted by Gasteiger charge is -2.05. The molecule has 0 radical (unpaired) electrons. The largest absolute Gasteiger partial charge is 0.491 e. The molecule has 0 atom stereocenters. The zero-order valence-corrected chi connectivity index (χ0v) is 8.52. The molecule has 0 unspecified atom stereocenters. The predicted molar refractivity (Wildman–Crippen MR) is 58.3 cm³/mol. The Morgan fingerprint density at radius 3 is 2.53 bits per heavy atom. The van der Waals surface area contributed by atoms with Gasteiger partial charge in [0.15, 0.2) is 0 Å². The van der Waals surface area contributed by atoms with E-state index in [0.29, 0.717) is 25.4 Å². The summed E-state index contributed by atoms with van der Waals surface area (Å²) in [5.74, 6) is 0.739. The smallest absolute Gasteiger partial charge is 0.150 e. The van der Waals surface area contributed by atoms with Crippen LogP contribution in [0.1, 0.15) is 10.4 Å². The zero-order chi connectivity index (χ0) is 10.9. The lowest BCUT2D eigenvalue weighted by molar-refractivity contribution is 0.112. The van der Waals surface area contributed by atoms with Crippen LogP contribution < -0.4 is 4.74 Å². The van der Waals surface area contributed by atoms with E-state index in [1.165, 1.54) is 0 Å². The van der Waals surface area contributed by atoms with Crippen LogP contribution in [0.5, 0.6) is 5.75 Å². The van der Waals surface area contributed by atoms with E-state index in [9.17, 15) is 4.79 Å². The van der Waals surface area contributed by atoms with Crippen molar-refractivity contribution in [3.63, 3.8) is 0 Å². The minimum absolute atomic E-state index is 0.494. The standard InChI is InChI=1S/C12H14O3/c1-2-7-14-8-9-15-12-5-3-11(10-13)4-6-12/h2-6,10H,1,7-9H2. The van der Waals surface area contributed by atoms with E-state index in [1.54, 1.807) is 30.3 Å². The number of benzene rings is 1. The van der Waals surface area contributed by atoms with E-state index < -0.39 is 0 Å². The Morgan fingerprint density at radius 1 is 1.20 bits per heavy atom. The van der Waals surface area contributed by atoms with Gasteiger partial charge in [0.25, 0.3) is 0 Å². The molecule has 0 spiro atoms. The van der Waals surface area contributed by atoms with Crippen molar-refractivity contribution in [3.05, 3.63) is 42.5 Å². The molecule has 80 valence electrons. The van der Waals surface area contributed by atoms with Crippen molar-refractivity contribution in [2.45, 2.75) is 0 Å². The Morgan fingerprint density at radius 2 is 1.93 bits per heavy atom. The molecule has 0 saturated carbocycles. The van der Waals surface area contributed by atoms with Crippen molar-refractivity contribution >= 4 is 6.29 Å². The van der Waals surface area contributed by atoms with E-state index in [1.807, 2.05) is 0 Å². The summed E-state index contributed by atoms with van der Waals surface area (Å²) in [4.78, 5) is 10.4. The van der Waals surface area contributed by atoms with Gasteiger partial charge in [-0.25, -0.2) is 0 Å². The molecule has 0 amide bonds. The summed E-state index contributed by atoms with van der Waals surface area (Å²) in [5.41, 5.74) is 0.644. The molecule has 0 N–H and O–H groups in total. The summed E-state index contributed by atoms with van der Waals surface area (Å²) in [6, 6.07) is 6.95. The highest BCUT2D eigenvalue weighted by Crippen LogP contribution is 2.10. The van der Waals surface area contributed by atoms with Gasteiger partial charge in [0.05, 0.1) is 13.2 Å². The van der Waals surface area contributed by atoms with Crippen LogP contribution in [-0.2, 0) is 4.74 Å². The number of aldehydes is 1. The van der Waals surface area contributed by atoms with Crippen molar-refractivity contribution in [2.75, 3.05) is 19.8 Å². The van der Waals surface area contributed by atoms with Gasteiger partial charge in [0, 0.05) is 5.56 Å². The average molecular weight is 206 g/mol. The number of rotatable bonds is 7. The van der Waals surface area contributed by atoms with Gasteiger partial charge >= 0.3 is 0 Å². The van der Waals surface area contributed by atoms with Gasteiger partial charge in [-0.1, -0.05) is 6.08 Å². The van der Waals surface area contributed by atoms with E-state index in [-0.39, 0.29) is 0 Å². The monoisotopic (exact) mass is 206 g/mol. The third-order valence-electron chi connectivity index (χ3n) is 1.75. The third kappa shape index (κ3) is 4.42. The number of carbonyl (C=O) groups excluding carboxylic acids is 1. The molecule has 0 aliphatic carbocycles. The normalized spacial score (nSPS) is 9.60. The summed E-state index contributed by atoms with van der Waals surface area (Å²) < 4.78 is 10.5. The van der Waals surface area contributed by atoms with Crippen LogP contribution >= 0.6 is 0 Å². The number of carbonyl (C=O) groups is 1. The Hall–Kier alpha value is -1.61. The van der Waals surface area contributed by atoms with Crippen molar-refractivity contribution in [1.82, 2.24) is 0 Å². The maximum atomic E-state index is 10.4. The Bertz CT molecular complexity index is 303. The van der Waals surface area contributed by atoms with Crippen LogP contribution in [0.15, 0.2) is 36.9 Å². The minimum Gasteiger partial charge on any atom is -0.491 e. The van der Waals surface area contributed by atoms with E-state index >= 15 is 0 Å². The Kier molecular flexibility index (Phi) is 5.19. The molecule has 0 aliphatic heterocycles. The predicted octanol–water partition coefficient (Wildman–Crippen LogP) is 2.08. The molecule has 0 fully saturated rings. The maximum Gasteiger partial charge on any atom is 0.150 e. The van der Waals surface area contributed by atoms with Gasteiger partial charge < -0.3 is 9.47 Å². The lowest BCUT2D eigenvalue weighted by Crippen LogP contribution is -2.06. The Balaban J connectivity index is 2.25. The van der Waals surface area contributed by atoms with Crippen molar-refractivity contribution in [2.24, 2.45) is 0 Å². The summed E-state index contributed by atoms with van der Waals surface area (Å²) in [5, 5.41) is 0. The highest BCUT2D eigenvalue weighted by atomic mass is 16.5. The van der Waals surface area contributed by atoms with Gasteiger partial charge in [-0.3, -0.25) is 4.79 Å². The minimum atomic E-state index is 0.494. The fourth-order valence-corrected chi connectivity index (χ4v) is 1.03. The van der Waals surface area contributed by atoms with E-state index in [4.69, 9.17) is 9.47 Å². The number of hydrogen-bond donors (Lipinski definition) is 0. The van der Waals surface area contributed by atoms with E-state index in [2.05, 4.69) is 6.58 Å². The van der Waals surface area contributed by atoms with Gasteiger partial charge in [0.1, 0.15) is 18.6 Å². The zero-order valence-electron chi connectivity index (χ0n) is 8.52. The average Bonchev–Trinajstić information content (AvgIpc) is 2.30. The summed E-state index contributed by atoms with van der Waals surface area (Å²) >= 11 is 0. The summed E-state index contributed by atoms with van der Waals surface area (Å²) in [7, 11) is 0. The van der Waals surface area contributed by atoms with Crippen molar-refractivity contribution < 1.29 is 14.3 Å². The highest BCUT2D eigenvalue weighted by molar-refractivity contribution is 5.74. The second kappa shape index (κ2) is 6.79.